The van der Waals surface area contributed by atoms with Crippen LogP contribution < -0.4 is 9.80 Å². The third kappa shape index (κ3) is 15.9. The number of hydrogen-bond donors (Lipinski definition) is 0. The molecule has 0 aliphatic carbocycles. The Morgan fingerprint density at radius 3 is 1.80 bits per heavy atom. The second kappa shape index (κ2) is 19.1. The minimum Gasteiger partial charge on any atom is -0.378 e. The average molecular weight is 776 g/mol. The predicted octanol–water partition coefficient (Wildman–Crippen LogP) is 7.68. The van der Waals surface area contributed by atoms with Crippen LogP contribution in [0.5, 0.6) is 0 Å². The number of aromatic nitrogens is 5. The molecule has 5 heterocycles. The van der Waals surface area contributed by atoms with Crippen molar-refractivity contribution in [2.24, 2.45) is 5.11 Å². The molecule has 3 aromatic rings. The van der Waals surface area contributed by atoms with Crippen LogP contribution in [0.1, 0.15) is 5.69 Å². The Morgan fingerprint density at radius 2 is 1.32 bits per heavy atom. The minimum absolute atomic E-state index is 0.663. The maximum absolute atomic E-state index is 7.91. The number of hydrogen-bond acceptors (Lipinski definition) is 9. The fraction of sp³-hybridized carbons (Fsp3) is 0.576. The van der Waals surface area contributed by atoms with Crippen LogP contribution in [0.15, 0.2) is 35.6 Å². The summed E-state index contributed by atoms with van der Waals surface area (Å²) in [6.45, 7) is 26.4. The number of halogens is 2. The summed E-state index contributed by atoms with van der Waals surface area (Å²) in [5.41, 5.74) is 13.5. The molecule has 2 aliphatic rings. The van der Waals surface area contributed by atoms with Gasteiger partial charge in [-0.3, -0.25) is 4.68 Å². The molecule has 0 aromatic carbocycles. The van der Waals surface area contributed by atoms with E-state index in [1.165, 1.54) is 0 Å². The van der Waals surface area contributed by atoms with Gasteiger partial charge in [0.05, 0.1) is 54.5 Å². The fourth-order valence-corrected chi connectivity index (χ4v) is 7.06. The maximum atomic E-state index is 7.91. The Kier molecular flexibility index (Phi) is 15.8. The molecule has 272 valence electrons. The second-order valence-corrected chi connectivity index (χ2v) is 32.1. The largest absolute Gasteiger partial charge is 0.378 e. The molecule has 12 nitrogen and oxygen atoms in total. The van der Waals surface area contributed by atoms with Gasteiger partial charge in [-0.15, -0.1) is 10.6 Å². The van der Waals surface area contributed by atoms with Crippen molar-refractivity contribution >= 4 is 59.1 Å². The predicted molar refractivity (Wildman–Crippen MR) is 215 cm³/mol. The molecule has 2 fully saturated rings. The number of pyridine rings is 2. The van der Waals surface area contributed by atoms with E-state index in [1.54, 1.807) is 0 Å². The van der Waals surface area contributed by atoms with Crippen molar-refractivity contribution in [3.8, 4) is 22.9 Å². The molecule has 50 heavy (non-hydrogen) atoms. The van der Waals surface area contributed by atoms with Crippen molar-refractivity contribution in [3.63, 3.8) is 0 Å². The highest BCUT2D eigenvalue weighted by molar-refractivity contribution is 6.83. The molecule has 5 rings (SSSR count). The smallest absolute Gasteiger partial charge is 0.131 e. The van der Waals surface area contributed by atoms with Crippen LogP contribution in [0.2, 0.25) is 69.0 Å². The lowest BCUT2D eigenvalue weighted by Gasteiger charge is -2.28. The van der Waals surface area contributed by atoms with E-state index in [0.717, 1.165) is 87.5 Å². The van der Waals surface area contributed by atoms with Crippen molar-refractivity contribution in [1.29, 1.82) is 0 Å². The van der Waals surface area contributed by atoms with E-state index in [0.29, 0.717) is 16.2 Å². The summed E-state index contributed by atoms with van der Waals surface area (Å²) in [6.07, 6.45) is 3.61. The zero-order chi connectivity index (χ0) is 37.0. The lowest BCUT2D eigenvalue weighted by atomic mass is 10.2. The molecule has 0 saturated carbocycles. The van der Waals surface area contributed by atoms with Crippen molar-refractivity contribution in [1.82, 2.24) is 25.0 Å². The first-order valence-corrected chi connectivity index (χ1v) is 28.5. The van der Waals surface area contributed by atoms with Crippen molar-refractivity contribution in [2.75, 3.05) is 68.6 Å². The molecule has 2 aliphatic heterocycles. The van der Waals surface area contributed by atoms with Crippen LogP contribution in [-0.4, -0.2) is 108 Å². The van der Waals surface area contributed by atoms with Gasteiger partial charge in [-0.2, -0.15) is 0 Å². The van der Waals surface area contributed by atoms with Gasteiger partial charge in [0.25, 0.3) is 0 Å². The first-order valence-electron chi connectivity index (χ1n) is 16.9. The van der Waals surface area contributed by atoms with Gasteiger partial charge >= 0.3 is 0 Å². The minimum atomic E-state index is -1.39. The molecule has 3 aromatic heterocycles. The maximum Gasteiger partial charge on any atom is 0.131 e. The monoisotopic (exact) mass is 774 g/mol. The lowest BCUT2D eigenvalue weighted by molar-refractivity contribution is 0.122. The molecular formula is C33H52Cl2N10O2Si3. The molecule has 0 unspecified atom stereocenters. The second-order valence-electron chi connectivity index (χ2n) is 15.6. The number of ether oxygens (including phenoxy) is 2. The van der Waals surface area contributed by atoms with Gasteiger partial charge in [0, 0.05) is 53.5 Å². The van der Waals surface area contributed by atoms with Gasteiger partial charge in [0.15, 0.2) is 0 Å². The van der Waals surface area contributed by atoms with E-state index in [-0.39, 0.29) is 0 Å². The Balaban J connectivity index is 0.000000226. The van der Waals surface area contributed by atoms with E-state index in [1.807, 2.05) is 35.1 Å². The summed E-state index contributed by atoms with van der Waals surface area (Å²) >= 11 is 12.5. The lowest BCUT2D eigenvalue weighted by Crippen LogP contribution is -2.36. The quantitative estimate of drug-likeness (QED) is 0.0786. The van der Waals surface area contributed by atoms with Gasteiger partial charge in [0.1, 0.15) is 31.1 Å². The van der Waals surface area contributed by atoms with Crippen LogP contribution in [0, 0.1) is 11.5 Å². The number of nitrogens with zero attached hydrogens (tertiary/aromatic N) is 10. The third-order valence-corrected chi connectivity index (χ3v) is 10.5. The van der Waals surface area contributed by atoms with E-state index < -0.39 is 24.2 Å². The number of rotatable bonds is 7. The molecule has 17 heteroatoms. The highest BCUT2D eigenvalue weighted by atomic mass is 35.5. The van der Waals surface area contributed by atoms with E-state index in [9.17, 15) is 0 Å². The summed E-state index contributed by atoms with van der Waals surface area (Å²) in [5, 5.41) is 13.3. The molecule has 0 bridgehead atoms. The van der Waals surface area contributed by atoms with Crippen LogP contribution in [0.25, 0.3) is 21.8 Å². The molecule has 0 spiro atoms. The summed E-state index contributed by atoms with van der Waals surface area (Å²) in [6, 6.07) is 7.46. The molecule has 0 atom stereocenters. The summed E-state index contributed by atoms with van der Waals surface area (Å²) in [4.78, 5) is 16.4. The molecule has 0 radical (unpaired) electrons. The summed E-state index contributed by atoms with van der Waals surface area (Å²) in [5.74, 6) is 4.93. The van der Waals surface area contributed by atoms with Crippen LogP contribution in [-0.2, 0) is 15.6 Å². The van der Waals surface area contributed by atoms with Crippen LogP contribution in [0.3, 0.4) is 0 Å². The highest BCUT2D eigenvalue weighted by Crippen LogP contribution is 2.25. The zero-order valence-electron chi connectivity index (χ0n) is 31.0. The fourth-order valence-electron chi connectivity index (χ4n) is 4.55. The van der Waals surface area contributed by atoms with Crippen LogP contribution in [0.4, 0.5) is 11.6 Å². The Bertz CT molecular complexity index is 1640. The summed E-state index contributed by atoms with van der Waals surface area (Å²) in [7, 11) is -3.73. The molecule has 2 saturated heterocycles. The molecule has 0 amide bonds. The van der Waals surface area contributed by atoms with Crippen LogP contribution >= 0.6 is 23.2 Å². The standard InChI is InChI=1S/C15H22ClN5OSi.C14H19ClN2OSi.C4H11N3Si/c1-23(2,3)11-21-10-14(18-19-21)13-8-12(16)9-15(17-13)20-4-6-22-7-5-20;1-19(2,3)9-4-13-10-12(15)11-14(16-13)17-5-7-18-8-6-17;1-8(2,3)4-6-7-5/h8-10H,4-7,11H2,1-3H3;10-11H,5-8H2,1-3H3;4H2,1-3H3. The molecule has 0 N–H and O–H groups in total. The van der Waals surface area contributed by atoms with Gasteiger partial charge in [-0.1, -0.05) is 98.4 Å². The summed E-state index contributed by atoms with van der Waals surface area (Å²) < 4.78 is 12.7. The van der Waals surface area contributed by atoms with Gasteiger partial charge in [-0.25, -0.2) is 9.97 Å². The van der Waals surface area contributed by atoms with Crippen molar-refractivity contribution in [2.45, 2.75) is 65.1 Å². The first-order chi connectivity index (χ1) is 23.4. The average Bonchev–Trinajstić information content (AvgIpc) is 3.50. The van der Waals surface area contributed by atoms with Crippen molar-refractivity contribution in [3.05, 3.63) is 56.6 Å². The van der Waals surface area contributed by atoms with Crippen molar-refractivity contribution < 1.29 is 9.47 Å². The van der Waals surface area contributed by atoms with Gasteiger partial charge in [0.2, 0.25) is 0 Å². The van der Waals surface area contributed by atoms with Gasteiger partial charge < -0.3 is 19.3 Å². The number of azide groups is 1. The third-order valence-electron chi connectivity index (χ3n) is 6.83. The number of anilines is 2. The topological polar surface area (TPSA) is 130 Å². The first kappa shape index (κ1) is 41.5. The SMILES string of the molecule is C[Si](C)(C)C#Cc1cc(Cl)cc(N2CCOCC2)n1.C[Si](C)(C)CN=[N+]=[N-].C[Si](C)(C)Cn1cc(-c2cc(Cl)cc(N3CCOCC3)n2)nn1. The highest BCUT2D eigenvalue weighted by Gasteiger charge is 2.19. The van der Waals surface area contributed by atoms with E-state index >= 15 is 0 Å². The normalized spacial score (nSPS) is 15.0. The van der Waals surface area contributed by atoms with E-state index in [2.05, 4.69) is 106 Å². The number of morpholine rings is 2. The Hall–Kier alpha value is -2.94. The zero-order valence-corrected chi connectivity index (χ0v) is 35.5. The van der Waals surface area contributed by atoms with Gasteiger partial charge in [-0.05, 0) is 29.8 Å². The Labute approximate surface area is 310 Å². The Morgan fingerprint density at radius 1 is 0.780 bits per heavy atom. The van der Waals surface area contributed by atoms with E-state index in [4.69, 9.17) is 43.2 Å². The molecular weight excluding hydrogens is 724 g/mol.